The van der Waals surface area contributed by atoms with Gasteiger partial charge in [0.15, 0.2) is 6.61 Å². The van der Waals surface area contributed by atoms with Crippen molar-refractivity contribution in [1.29, 1.82) is 0 Å². The minimum absolute atomic E-state index is 0.0327. The summed E-state index contributed by atoms with van der Waals surface area (Å²) in [4.78, 5) is 11.8. The lowest BCUT2D eigenvalue weighted by Crippen LogP contribution is -2.20. The summed E-state index contributed by atoms with van der Waals surface area (Å²) < 4.78 is 5.42. The van der Waals surface area contributed by atoms with Crippen molar-refractivity contribution in [2.24, 2.45) is 0 Å². The summed E-state index contributed by atoms with van der Waals surface area (Å²) in [5.41, 5.74) is 2.70. The number of carbonyl (C=O) groups is 1. The standard InChI is InChI=1S/C16H16ClNO2/c1-11-6-8-13(9-7-11)20-10-16(19)18-15-5-3-4-14(17)12(15)2/h3-9H,10H2,1-2H3,(H,18,19). The van der Waals surface area contributed by atoms with Gasteiger partial charge >= 0.3 is 0 Å². The Bertz CT molecular complexity index is 608. The van der Waals surface area contributed by atoms with Gasteiger partial charge in [-0.2, -0.15) is 0 Å². The SMILES string of the molecule is Cc1ccc(OCC(=O)Nc2cccc(Cl)c2C)cc1. The van der Waals surface area contributed by atoms with Crippen molar-refractivity contribution in [1.82, 2.24) is 0 Å². The van der Waals surface area contributed by atoms with Crippen LogP contribution in [0, 0.1) is 13.8 Å². The molecule has 0 aromatic heterocycles. The smallest absolute Gasteiger partial charge is 0.262 e. The molecule has 2 aromatic carbocycles. The molecule has 0 unspecified atom stereocenters. The van der Waals surface area contributed by atoms with Crippen molar-refractivity contribution in [3.63, 3.8) is 0 Å². The maximum absolute atomic E-state index is 11.8. The predicted octanol–water partition coefficient (Wildman–Crippen LogP) is 3.97. The van der Waals surface area contributed by atoms with Crippen LogP contribution in [0.4, 0.5) is 5.69 Å². The first-order valence-corrected chi connectivity index (χ1v) is 6.68. The molecule has 20 heavy (non-hydrogen) atoms. The molecule has 0 heterocycles. The van der Waals surface area contributed by atoms with Crippen molar-refractivity contribution >= 4 is 23.2 Å². The minimum Gasteiger partial charge on any atom is -0.484 e. The van der Waals surface area contributed by atoms with Gasteiger partial charge in [-0.05, 0) is 43.7 Å². The lowest BCUT2D eigenvalue weighted by atomic mass is 10.2. The lowest BCUT2D eigenvalue weighted by molar-refractivity contribution is -0.118. The molecule has 0 fully saturated rings. The lowest BCUT2D eigenvalue weighted by Gasteiger charge is -2.10. The Labute approximate surface area is 123 Å². The van der Waals surface area contributed by atoms with Crippen molar-refractivity contribution in [3.8, 4) is 5.75 Å². The van der Waals surface area contributed by atoms with Crippen LogP contribution in [-0.2, 0) is 4.79 Å². The van der Waals surface area contributed by atoms with E-state index in [0.717, 1.165) is 11.1 Å². The second kappa shape index (κ2) is 6.44. The van der Waals surface area contributed by atoms with E-state index in [1.54, 1.807) is 12.1 Å². The van der Waals surface area contributed by atoms with Crippen LogP contribution in [0.3, 0.4) is 0 Å². The van der Waals surface area contributed by atoms with Gasteiger partial charge in [0.25, 0.3) is 5.91 Å². The Morgan fingerprint density at radius 1 is 1.15 bits per heavy atom. The summed E-state index contributed by atoms with van der Waals surface area (Å²) in [6, 6.07) is 13.0. The first kappa shape index (κ1) is 14.4. The molecule has 2 aromatic rings. The maximum atomic E-state index is 11.8. The summed E-state index contributed by atoms with van der Waals surface area (Å²) in [5, 5.41) is 3.41. The molecule has 0 saturated heterocycles. The van der Waals surface area contributed by atoms with Crippen LogP contribution in [0.2, 0.25) is 5.02 Å². The molecule has 3 nitrogen and oxygen atoms in total. The van der Waals surface area contributed by atoms with E-state index in [-0.39, 0.29) is 12.5 Å². The molecule has 0 bridgehead atoms. The number of ether oxygens (including phenoxy) is 1. The van der Waals surface area contributed by atoms with E-state index in [1.807, 2.05) is 44.2 Å². The molecule has 0 spiro atoms. The largest absolute Gasteiger partial charge is 0.484 e. The van der Waals surface area contributed by atoms with Crippen LogP contribution in [0.1, 0.15) is 11.1 Å². The van der Waals surface area contributed by atoms with Crippen LogP contribution in [0.5, 0.6) is 5.75 Å². The fourth-order valence-corrected chi connectivity index (χ4v) is 1.89. The summed E-state index contributed by atoms with van der Waals surface area (Å²) in [6.07, 6.45) is 0. The van der Waals surface area contributed by atoms with Crippen LogP contribution in [-0.4, -0.2) is 12.5 Å². The van der Waals surface area contributed by atoms with Crippen molar-refractivity contribution in [2.45, 2.75) is 13.8 Å². The van der Waals surface area contributed by atoms with E-state index in [0.29, 0.717) is 16.5 Å². The van der Waals surface area contributed by atoms with E-state index in [2.05, 4.69) is 5.32 Å². The maximum Gasteiger partial charge on any atom is 0.262 e. The Morgan fingerprint density at radius 3 is 2.55 bits per heavy atom. The van der Waals surface area contributed by atoms with Crippen molar-refractivity contribution in [2.75, 3.05) is 11.9 Å². The molecule has 0 aliphatic carbocycles. The number of nitrogens with one attached hydrogen (secondary N) is 1. The highest BCUT2D eigenvalue weighted by Gasteiger charge is 2.07. The fourth-order valence-electron chi connectivity index (χ4n) is 1.71. The Morgan fingerprint density at radius 2 is 1.85 bits per heavy atom. The second-order valence-corrected chi connectivity index (χ2v) is 4.97. The fraction of sp³-hybridized carbons (Fsp3) is 0.188. The van der Waals surface area contributed by atoms with Gasteiger partial charge in [0.05, 0.1) is 0 Å². The van der Waals surface area contributed by atoms with E-state index < -0.39 is 0 Å². The van der Waals surface area contributed by atoms with Crippen LogP contribution < -0.4 is 10.1 Å². The summed E-state index contributed by atoms with van der Waals surface area (Å²) in [6.45, 7) is 3.83. The molecular formula is C16H16ClNO2. The van der Waals surface area contributed by atoms with Gasteiger partial charge < -0.3 is 10.1 Å². The normalized spacial score (nSPS) is 10.2. The van der Waals surface area contributed by atoms with Gasteiger partial charge in [0.2, 0.25) is 0 Å². The van der Waals surface area contributed by atoms with Gasteiger partial charge in [0, 0.05) is 10.7 Å². The number of rotatable bonds is 4. The van der Waals surface area contributed by atoms with Crippen molar-refractivity contribution in [3.05, 3.63) is 58.6 Å². The molecule has 104 valence electrons. The topological polar surface area (TPSA) is 38.3 Å². The number of benzene rings is 2. The van der Waals surface area contributed by atoms with E-state index in [1.165, 1.54) is 0 Å². The molecule has 0 aliphatic rings. The monoisotopic (exact) mass is 289 g/mol. The highest BCUT2D eigenvalue weighted by atomic mass is 35.5. The molecular weight excluding hydrogens is 274 g/mol. The Balaban J connectivity index is 1.92. The predicted molar refractivity (Wildman–Crippen MR) is 81.5 cm³/mol. The molecule has 1 amide bonds. The van der Waals surface area contributed by atoms with Gasteiger partial charge in [0.1, 0.15) is 5.75 Å². The second-order valence-electron chi connectivity index (χ2n) is 4.56. The molecule has 4 heteroatoms. The summed E-state index contributed by atoms with van der Waals surface area (Å²) >= 11 is 6.00. The zero-order valence-electron chi connectivity index (χ0n) is 11.4. The zero-order valence-corrected chi connectivity index (χ0v) is 12.2. The molecule has 0 aliphatic heterocycles. The van der Waals surface area contributed by atoms with E-state index >= 15 is 0 Å². The third-order valence-electron chi connectivity index (χ3n) is 2.93. The molecule has 2 rings (SSSR count). The number of halogens is 1. The number of anilines is 1. The Kier molecular flexibility index (Phi) is 4.64. The minimum atomic E-state index is -0.212. The first-order valence-electron chi connectivity index (χ1n) is 6.30. The number of hydrogen-bond donors (Lipinski definition) is 1. The Hall–Kier alpha value is -2.00. The third-order valence-corrected chi connectivity index (χ3v) is 3.34. The van der Waals surface area contributed by atoms with Gasteiger partial charge in [-0.3, -0.25) is 4.79 Å². The van der Waals surface area contributed by atoms with Gasteiger partial charge in [-0.15, -0.1) is 0 Å². The molecule has 0 atom stereocenters. The van der Waals surface area contributed by atoms with E-state index in [9.17, 15) is 4.79 Å². The summed E-state index contributed by atoms with van der Waals surface area (Å²) in [7, 11) is 0. The zero-order chi connectivity index (χ0) is 14.5. The number of hydrogen-bond acceptors (Lipinski definition) is 2. The van der Waals surface area contributed by atoms with Crippen LogP contribution >= 0.6 is 11.6 Å². The van der Waals surface area contributed by atoms with Crippen LogP contribution in [0.25, 0.3) is 0 Å². The van der Waals surface area contributed by atoms with Crippen LogP contribution in [0.15, 0.2) is 42.5 Å². The average Bonchev–Trinajstić information content (AvgIpc) is 2.43. The summed E-state index contributed by atoms with van der Waals surface area (Å²) in [5.74, 6) is 0.463. The highest BCUT2D eigenvalue weighted by Crippen LogP contribution is 2.22. The van der Waals surface area contributed by atoms with Crippen molar-refractivity contribution < 1.29 is 9.53 Å². The van der Waals surface area contributed by atoms with E-state index in [4.69, 9.17) is 16.3 Å². The highest BCUT2D eigenvalue weighted by molar-refractivity contribution is 6.31. The molecule has 1 N–H and O–H groups in total. The molecule has 0 radical (unpaired) electrons. The van der Waals surface area contributed by atoms with Gasteiger partial charge in [-0.25, -0.2) is 0 Å². The number of aryl methyl sites for hydroxylation is 1. The molecule has 0 saturated carbocycles. The number of carbonyl (C=O) groups excluding carboxylic acids is 1. The number of amides is 1. The first-order chi connectivity index (χ1) is 9.56. The third kappa shape index (κ3) is 3.75. The average molecular weight is 290 g/mol. The van der Waals surface area contributed by atoms with Gasteiger partial charge in [-0.1, -0.05) is 35.4 Å². The quantitative estimate of drug-likeness (QED) is 0.925.